The van der Waals surface area contributed by atoms with E-state index in [1.807, 2.05) is 25.1 Å². The van der Waals surface area contributed by atoms with Crippen molar-refractivity contribution in [2.75, 3.05) is 5.32 Å². The van der Waals surface area contributed by atoms with Gasteiger partial charge in [0.2, 0.25) is 5.91 Å². The smallest absolute Gasteiger partial charge is 0.250 e. The number of carbonyl (C=O) groups excluding carboxylic acids is 1. The van der Waals surface area contributed by atoms with Gasteiger partial charge in [-0.1, -0.05) is 29.8 Å². The molecule has 1 N–H and O–H groups in total. The zero-order valence-corrected chi connectivity index (χ0v) is 12.8. The molecule has 0 radical (unpaired) electrons. The van der Waals surface area contributed by atoms with Crippen molar-refractivity contribution in [2.24, 2.45) is 0 Å². The van der Waals surface area contributed by atoms with E-state index in [2.05, 4.69) is 26.4 Å². The van der Waals surface area contributed by atoms with E-state index in [-0.39, 0.29) is 5.91 Å². The predicted octanol–water partition coefficient (Wildman–Crippen LogP) is 2.54. The number of amides is 1. The molecule has 3 rings (SSSR count). The monoisotopic (exact) mass is 307 g/mol. The van der Waals surface area contributed by atoms with Crippen molar-refractivity contribution < 1.29 is 4.79 Å². The van der Waals surface area contributed by atoms with Gasteiger partial charge in [-0.15, -0.1) is 0 Å². The molecule has 6 nitrogen and oxygen atoms in total. The van der Waals surface area contributed by atoms with Crippen molar-refractivity contribution in [3.63, 3.8) is 0 Å². The molecule has 2 heterocycles. The minimum Gasteiger partial charge on any atom is -0.323 e. The maximum atomic E-state index is 12.0. The number of carbonyl (C=O) groups is 1. The van der Waals surface area contributed by atoms with E-state index in [1.165, 1.54) is 5.56 Å². The van der Waals surface area contributed by atoms with Gasteiger partial charge in [0, 0.05) is 18.8 Å². The van der Waals surface area contributed by atoms with E-state index < -0.39 is 0 Å². The topological polar surface area (TPSA) is 72.7 Å². The van der Waals surface area contributed by atoms with E-state index in [0.717, 1.165) is 5.56 Å². The Kier molecular flexibility index (Phi) is 4.42. The Morgan fingerprint density at radius 3 is 2.74 bits per heavy atom. The Balaban J connectivity index is 1.55. The minimum absolute atomic E-state index is 0.0538. The van der Waals surface area contributed by atoms with E-state index >= 15 is 0 Å². The second-order valence-corrected chi connectivity index (χ2v) is 5.26. The highest BCUT2D eigenvalue weighted by Gasteiger charge is 2.05. The Bertz CT molecular complexity index is 781. The van der Waals surface area contributed by atoms with Gasteiger partial charge < -0.3 is 5.32 Å². The van der Waals surface area contributed by atoms with Crippen LogP contribution in [-0.4, -0.2) is 25.7 Å². The van der Waals surface area contributed by atoms with Crippen LogP contribution in [0.5, 0.6) is 0 Å². The molecule has 0 bridgehead atoms. The van der Waals surface area contributed by atoms with Crippen LogP contribution >= 0.6 is 0 Å². The van der Waals surface area contributed by atoms with Gasteiger partial charge in [0.25, 0.3) is 5.95 Å². The minimum atomic E-state index is -0.0538. The zero-order chi connectivity index (χ0) is 16.1. The standard InChI is InChI=1S/C17H17N5O/c1-13-4-2-5-14(10-13)6-7-16(23)21-15-11-18-17(19-12-15)22-9-3-8-20-22/h2-5,8-12H,6-7H2,1H3,(H,21,23). The van der Waals surface area contributed by atoms with Crippen LogP contribution in [0.15, 0.2) is 55.1 Å². The summed E-state index contributed by atoms with van der Waals surface area (Å²) in [6.07, 6.45) is 7.70. The third-order valence-electron chi connectivity index (χ3n) is 3.35. The van der Waals surface area contributed by atoms with Crippen molar-refractivity contribution in [2.45, 2.75) is 19.8 Å². The molecule has 0 atom stereocenters. The van der Waals surface area contributed by atoms with Crippen molar-refractivity contribution in [1.29, 1.82) is 0 Å². The van der Waals surface area contributed by atoms with Crippen LogP contribution in [0, 0.1) is 6.92 Å². The summed E-state index contributed by atoms with van der Waals surface area (Å²) in [6.45, 7) is 2.04. The van der Waals surface area contributed by atoms with Crippen LogP contribution in [0.3, 0.4) is 0 Å². The van der Waals surface area contributed by atoms with Crippen molar-refractivity contribution >= 4 is 11.6 Å². The predicted molar refractivity (Wildman–Crippen MR) is 87.3 cm³/mol. The number of nitrogens with one attached hydrogen (secondary N) is 1. The Morgan fingerprint density at radius 2 is 2.04 bits per heavy atom. The molecule has 0 unspecified atom stereocenters. The van der Waals surface area contributed by atoms with Gasteiger partial charge in [-0.2, -0.15) is 5.10 Å². The van der Waals surface area contributed by atoms with Crippen LogP contribution < -0.4 is 5.32 Å². The summed E-state index contributed by atoms with van der Waals surface area (Å²) >= 11 is 0. The average Bonchev–Trinajstić information content (AvgIpc) is 3.08. The van der Waals surface area contributed by atoms with Crippen LogP contribution in [0.4, 0.5) is 5.69 Å². The summed E-state index contributed by atoms with van der Waals surface area (Å²) in [5.41, 5.74) is 2.94. The molecule has 0 spiro atoms. The first-order valence-electron chi connectivity index (χ1n) is 7.38. The fraction of sp³-hybridized carbons (Fsp3) is 0.176. The number of hydrogen-bond acceptors (Lipinski definition) is 4. The molecule has 2 aromatic heterocycles. The molecule has 0 aliphatic carbocycles. The first-order chi connectivity index (χ1) is 11.2. The van der Waals surface area contributed by atoms with E-state index in [4.69, 9.17) is 0 Å². The molecule has 6 heteroatoms. The average molecular weight is 307 g/mol. The highest BCUT2D eigenvalue weighted by molar-refractivity contribution is 5.90. The van der Waals surface area contributed by atoms with Crippen molar-refractivity contribution in [3.05, 3.63) is 66.2 Å². The summed E-state index contributed by atoms with van der Waals surface area (Å²) in [6, 6.07) is 9.97. The number of aromatic nitrogens is 4. The van der Waals surface area contributed by atoms with Crippen LogP contribution in [0.25, 0.3) is 5.95 Å². The zero-order valence-electron chi connectivity index (χ0n) is 12.8. The van der Waals surface area contributed by atoms with E-state index in [0.29, 0.717) is 24.5 Å². The first-order valence-corrected chi connectivity index (χ1v) is 7.38. The molecule has 23 heavy (non-hydrogen) atoms. The SMILES string of the molecule is Cc1cccc(CCC(=O)Nc2cnc(-n3cccn3)nc2)c1. The molecule has 3 aromatic rings. The maximum Gasteiger partial charge on any atom is 0.250 e. The molecular weight excluding hydrogens is 290 g/mol. The lowest BCUT2D eigenvalue weighted by molar-refractivity contribution is -0.116. The Morgan fingerprint density at radius 1 is 1.22 bits per heavy atom. The van der Waals surface area contributed by atoms with Gasteiger partial charge in [0.15, 0.2) is 0 Å². The van der Waals surface area contributed by atoms with Gasteiger partial charge >= 0.3 is 0 Å². The molecule has 1 aromatic carbocycles. The second-order valence-electron chi connectivity index (χ2n) is 5.26. The molecular formula is C17H17N5O. The molecule has 0 aliphatic heterocycles. The summed E-state index contributed by atoms with van der Waals surface area (Å²) < 4.78 is 1.56. The lowest BCUT2D eigenvalue weighted by Gasteiger charge is -2.06. The fourth-order valence-corrected chi connectivity index (χ4v) is 2.24. The summed E-state index contributed by atoms with van der Waals surface area (Å²) in [4.78, 5) is 20.4. The van der Waals surface area contributed by atoms with Gasteiger partial charge in [-0.05, 0) is 25.0 Å². The lowest BCUT2D eigenvalue weighted by Crippen LogP contribution is -2.13. The number of anilines is 1. The number of aryl methyl sites for hydroxylation is 2. The third-order valence-corrected chi connectivity index (χ3v) is 3.35. The molecule has 0 fully saturated rings. The van der Waals surface area contributed by atoms with Crippen LogP contribution in [-0.2, 0) is 11.2 Å². The van der Waals surface area contributed by atoms with Crippen molar-refractivity contribution in [3.8, 4) is 5.95 Å². The molecule has 1 amide bonds. The van der Waals surface area contributed by atoms with Gasteiger partial charge in [-0.3, -0.25) is 4.79 Å². The summed E-state index contributed by atoms with van der Waals surface area (Å²) in [7, 11) is 0. The Hall–Kier alpha value is -3.02. The van der Waals surface area contributed by atoms with Gasteiger partial charge in [0.1, 0.15) is 0 Å². The van der Waals surface area contributed by atoms with Gasteiger partial charge in [-0.25, -0.2) is 14.6 Å². The van der Waals surface area contributed by atoms with E-state index in [9.17, 15) is 4.79 Å². The third kappa shape index (κ3) is 4.00. The number of benzene rings is 1. The molecule has 0 saturated heterocycles. The maximum absolute atomic E-state index is 12.0. The van der Waals surface area contributed by atoms with Crippen molar-refractivity contribution in [1.82, 2.24) is 19.7 Å². The first kappa shape index (κ1) is 14.9. The van der Waals surface area contributed by atoms with Crippen LogP contribution in [0.2, 0.25) is 0 Å². The highest BCUT2D eigenvalue weighted by atomic mass is 16.1. The fourth-order valence-electron chi connectivity index (χ4n) is 2.24. The quantitative estimate of drug-likeness (QED) is 0.786. The second kappa shape index (κ2) is 6.83. The highest BCUT2D eigenvalue weighted by Crippen LogP contribution is 2.09. The molecule has 0 aliphatic rings. The van der Waals surface area contributed by atoms with E-state index in [1.54, 1.807) is 35.5 Å². The van der Waals surface area contributed by atoms with Crippen LogP contribution in [0.1, 0.15) is 17.5 Å². The Labute approximate surface area is 134 Å². The summed E-state index contributed by atoms with van der Waals surface area (Å²) in [5.74, 6) is 0.412. The molecule has 116 valence electrons. The number of hydrogen-bond donors (Lipinski definition) is 1. The van der Waals surface area contributed by atoms with Gasteiger partial charge in [0.05, 0.1) is 18.1 Å². The normalized spacial score (nSPS) is 10.5. The summed E-state index contributed by atoms with van der Waals surface area (Å²) in [5, 5.41) is 6.86. The largest absolute Gasteiger partial charge is 0.323 e. The molecule has 0 saturated carbocycles. The number of rotatable bonds is 5. The lowest BCUT2D eigenvalue weighted by atomic mass is 10.1. The number of nitrogens with zero attached hydrogens (tertiary/aromatic N) is 4.